The highest BCUT2D eigenvalue weighted by Crippen LogP contribution is 2.28. The molecular formula is C17H17N3O3S. The van der Waals surface area contributed by atoms with Gasteiger partial charge in [-0.25, -0.2) is 9.78 Å². The van der Waals surface area contributed by atoms with Gasteiger partial charge in [0.2, 0.25) is 0 Å². The maximum atomic E-state index is 12.5. The van der Waals surface area contributed by atoms with E-state index in [1.54, 1.807) is 13.8 Å². The van der Waals surface area contributed by atoms with E-state index < -0.39 is 5.97 Å². The third-order valence-electron chi connectivity index (χ3n) is 3.90. The molecule has 0 spiro atoms. The van der Waals surface area contributed by atoms with Gasteiger partial charge in [-0.1, -0.05) is 23.5 Å². The van der Waals surface area contributed by atoms with E-state index in [4.69, 9.17) is 4.74 Å². The second-order valence-corrected chi connectivity index (χ2v) is 6.54. The molecule has 0 saturated heterocycles. The normalized spacial score (nSPS) is 10.8. The Balaban J connectivity index is 1.92. The topological polar surface area (TPSA) is 84.1 Å². The predicted octanol–water partition coefficient (Wildman–Crippen LogP) is 3.59. The number of nitrogens with zero attached hydrogens (tertiary/aromatic N) is 1. The quantitative estimate of drug-likeness (QED) is 0.712. The van der Waals surface area contributed by atoms with Crippen LogP contribution in [0.25, 0.3) is 10.2 Å². The van der Waals surface area contributed by atoms with E-state index in [-0.39, 0.29) is 5.91 Å². The summed E-state index contributed by atoms with van der Waals surface area (Å²) in [4.78, 5) is 31.8. The van der Waals surface area contributed by atoms with Crippen LogP contribution in [0.15, 0.2) is 18.2 Å². The molecule has 0 atom stereocenters. The minimum absolute atomic E-state index is 0.331. The molecule has 124 valence electrons. The Morgan fingerprint density at radius 3 is 2.67 bits per heavy atom. The molecule has 2 aromatic heterocycles. The highest BCUT2D eigenvalue weighted by atomic mass is 32.1. The Morgan fingerprint density at radius 1 is 1.25 bits per heavy atom. The summed E-state index contributed by atoms with van der Waals surface area (Å²) < 4.78 is 5.78. The third-order valence-corrected chi connectivity index (χ3v) is 4.83. The van der Waals surface area contributed by atoms with Crippen LogP contribution in [-0.2, 0) is 4.74 Å². The van der Waals surface area contributed by atoms with E-state index in [1.807, 2.05) is 25.1 Å². The van der Waals surface area contributed by atoms with Gasteiger partial charge >= 0.3 is 5.97 Å². The van der Waals surface area contributed by atoms with E-state index in [2.05, 4.69) is 15.3 Å². The molecule has 0 bridgehead atoms. The number of amides is 1. The molecule has 3 aromatic rings. The van der Waals surface area contributed by atoms with Crippen molar-refractivity contribution in [2.45, 2.75) is 20.8 Å². The molecular weight excluding hydrogens is 326 g/mol. The molecule has 0 aliphatic rings. The molecule has 3 rings (SSSR count). The van der Waals surface area contributed by atoms with Crippen molar-refractivity contribution in [1.82, 2.24) is 9.97 Å². The van der Waals surface area contributed by atoms with E-state index in [9.17, 15) is 9.59 Å². The zero-order chi connectivity index (χ0) is 17.4. The van der Waals surface area contributed by atoms with Crippen molar-refractivity contribution in [3.05, 3.63) is 46.3 Å². The molecule has 0 aliphatic heterocycles. The molecule has 2 N–H and O–H groups in total. The van der Waals surface area contributed by atoms with Crippen LogP contribution in [-0.4, -0.2) is 29.0 Å². The molecule has 0 aliphatic carbocycles. The van der Waals surface area contributed by atoms with Crippen LogP contribution in [0.2, 0.25) is 0 Å². The lowest BCUT2D eigenvalue weighted by molar-refractivity contribution is 0.0599. The van der Waals surface area contributed by atoms with Crippen molar-refractivity contribution >= 4 is 38.6 Å². The summed E-state index contributed by atoms with van der Waals surface area (Å²) in [5, 5.41) is 3.32. The Bertz CT molecular complexity index is 956. The number of hydrogen-bond acceptors (Lipinski definition) is 5. The zero-order valence-electron chi connectivity index (χ0n) is 13.8. The number of rotatable bonds is 3. The number of para-hydroxylation sites is 1. The molecule has 24 heavy (non-hydrogen) atoms. The lowest BCUT2D eigenvalue weighted by Gasteiger charge is -2.01. The van der Waals surface area contributed by atoms with Gasteiger partial charge < -0.3 is 9.72 Å². The summed E-state index contributed by atoms with van der Waals surface area (Å²) >= 11 is 1.41. The van der Waals surface area contributed by atoms with Crippen LogP contribution >= 0.6 is 11.3 Å². The van der Waals surface area contributed by atoms with Gasteiger partial charge in [-0.3, -0.25) is 10.1 Å². The van der Waals surface area contributed by atoms with Crippen LogP contribution < -0.4 is 5.32 Å². The van der Waals surface area contributed by atoms with E-state index in [0.717, 1.165) is 15.8 Å². The van der Waals surface area contributed by atoms with Crippen LogP contribution in [0.1, 0.15) is 37.7 Å². The molecule has 0 fully saturated rings. The first kappa shape index (κ1) is 16.2. The molecule has 0 saturated carbocycles. The highest BCUT2D eigenvalue weighted by molar-refractivity contribution is 7.22. The number of esters is 1. The van der Waals surface area contributed by atoms with Gasteiger partial charge in [0.05, 0.1) is 22.9 Å². The van der Waals surface area contributed by atoms with E-state index >= 15 is 0 Å². The fraction of sp³-hybridized carbons (Fsp3) is 0.235. The summed E-state index contributed by atoms with van der Waals surface area (Å²) in [5.41, 5.74) is 3.84. The molecule has 7 heteroatoms. The number of anilines is 1. The summed E-state index contributed by atoms with van der Waals surface area (Å²) in [6.45, 7) is 5.43. The van der Waals surface area contributed by atoms with Crippen molar-refractivity contribution in [1.29, 1.82) is 0 Å². The van der Waals surface area contributed by atoms with Gasteiger partial charge in [0.1, 0.15) is 5.69 Å². The van der Waals surface area contributed by atoms with E-state index in [1.165, 1.54) is 18.4 Å². The SMILES string of the molecule is COC(=O)c1c(C)[nH]c(C(=O)Nc2nc3c(C)cccc3s2)c1C. The number of H-pyrrole nitrogens is 1. The second kappa shape index (κ2) is 6.09. The van der Waals surface area contributed by atoms with Gasteiger partial charge in [-0.15, -0.1) is 0 Å². The third kappa shape index (κ3) is 2.67. The number of aromatic nitrogens is 2. The monoisotopic (exact) mass is 343 g/mol. The Morgan fingerprint density at radius 2 is 2.00 bits per heavy atom. The van der Waals surface area contributed by atoms with Gasteiger partial charge in [0, 0.05) is 5.69 Å². The zero-order valence-corrected chi connectivity index (χ0v) is 14.6. The number of fused-ring (bicyclic) bond motifs is 1. The molecule has 0 unspecified atom stereocenters. The predicted molar refractivity (Wildman–Crippen MR) is 93.9 cm³/mol. The minimum Gasteiger partial charge on any atom is -0.465 e. The number of nitrogens with one attached hydrogen (secondary N) is 2. The molecule has 1 aromatic carbocycles. The van der Waals surface area contributed by atoms with Gasteiger partial charge in [-0.2, -0.15) is 0 Å². The number of hydrogen-bond donors (Lipinski definition) is 2. The van der Waals surface area contributed by atoms with Gasteiger partial charge in [0.15, 0.2) is 5.13 Å². The average Bonchev–Trinajstić information content (AvgIpc) is 3.08. The van der Waals surface area contributed by atoms with Crippen molar-refractivity contribution in [3.63, 3.8) is 0 Å². The molecule has 1 amide bonds. The molecule has 2 heterocycles. The van der Waals surface area contributed by atoms with Crippen LogP contribution in [0, 0.1) is 20.8 Å². The van der Waals surface area contributed by atoms with Crippen LogP contribution in [0.5, 0.6) is 0 Å². The summed E-state index contributed by atoms with van der Waals surface area (Å²) in [5.74, 6) is -0.793. The highest BCUT2D eigenvalue weighted by Gasteiger charge is 2.23. The minimum atomic E-state index is -0.462. The number of aryl methyl sites for hydroxylation is 2. The average molecular weight is 343 g/mol. The Labute approximate surface area is 142 Å². The lowest BCUT2D eigenvalue weighted by Crippen LogP contribution is -2.14. The Kier molecular flexibility index (Phi) is 4.11. The first-order valence-electron chi connectivity index (χ1n) is 7.37. The van der Waals surface area contributed by atoms with Crippen molar-refractivity contribution in [2.24, 2.45) is 0 Å². The number of thiazole rings is 1. The fourth-order valence-electron chi connectivity index (χ4n) is 2.68. The van der Waals surface area contributed by atoms with Gasteiger partial charge in [-0.05, 0) is 38.0 Å². The first-order chi connectivity index (χ1) is 11.4. The maximum Gasteiger partial charge on any atom is 0.339 e. The largest absolute Gasteiger partial charge is 0.465 e. The Hall–Kier alpha value is -2.67. The number of methoxy groups -OCH3 is 1. The number of aromatic amines is 1. The summed E-state index contributed by atoms with van der Waals surface area (Å²) in [6.07, 6.45) is 0. The molecule has 6 nitrogen and oxygen atoms in total. The first-order valence-corrected chi connectivity index (χ1v) is 8.19. The lowest BCUT2D eigenvalue weighted by atomic mass is 10.1. The van der Waals surface area contributed by atoms with Crippen molar-refractivity contribution < 1.29 is 14.3 Å². The van der Waals surface area contributed by atoms with Crippen LogP contribution in [0.4, 0.5) is 5.13 Å². The van der Waals surface area contributed by atoms with Crippen LogP contribution in [0.3, 0.4) is 0 Å². The van der Waals surface area contributed by atoms with Gasteiger partial charge in [0.25, 0.3) is 5.91 Å². The number of carbonyl (C=O) groups is 2. The number of benzene rings is 1. The standard InChI is InChI=1S/C17H17N3O3S/c1-8-6-5-7-11-13(8)19-17(24-11)20-15(21)14-9(2)12(10(3)18-14)16(22)23-4/h5-7,18H,1-4H3,(H,19,20,21). The molecule has 0 radical (unpaired) electrons. The van der Waals surface area contributed by atoms with E-state index in [0.29, 0.717) is 27.6 Å². The number of ether oxygens (including phenoxy) is 1. The summed E-state index contributed by atoms with van der Waals surface area (Å²) in [7, 11) is 1.32. The van der Waals surface area contributed by atoms with Crippen molar-refractivity contribution in [3.8, 4) is 0 Å². The smallest absolute Gasteiger partial charge is 0.339 e. The number of carbonyl (C=O) groups excluding carboxylic acids is 2. The second-order valence-electron chi connectivity index (χ2n) is 5.51. The maximum absolute atomic E-state index is 12.5. The summed E-state index contributed by atoms with van der Waals surface area (Å²) in [6, 6.07) is 5.91. The van der Waals surface area contributed by atoms with Crippen molar-refractivity contribution in [2.75, 3.05) is 12.4 Å². The fourth-order valence-corrected chi connectivity index (χ4v) is 3.62.